The quantitative estimate of drug-likeness (QED) is 0.707. The van der Waals surface area contributed by atoms with Gasteiger partial charge in [0.05, 0.1) is 6.61 Å². The lowest BCUT2D eigenvalue weighted by atomic mass is 10.3. The molecule has 0 unspecified atom stereocenters. The van der Waals surface area contributed by atoms with E-state index < -0.39 is 0 Å². The Hall–Kier alpha value is -1.20. The van der Waals surface area contributed by atoms with E-state index in [2.05, 4.69) is 16.9 Å². The van der Waals surface area contributed by atoms with Crippen LogP contribution in [0.2, 0.25) is 0 Å². The summed E-state index contributed by atoms with van der Waals surface area (Å²) in [5.41, 5.74) is 6.40. The molecule has 0 amide bonds. The zero-order valence-electron chi connectivity index (χ0n) is 9.76. The fraction of sp³-hybridized carbons (Fsp3) is 0.636. The van der Waals surface area contributed by atoms with Gasteiger partial charge in [-0.15, -0.1) is 0 Å². The molecule has 0 atom stereocenters. The number of nitrogens with zero attached hydrogens (tertiary/aromatic N) is 3. The summed E-state index contributed by atoms with van der Waals surface area (Å²) in [5.74, 6) is 0.666. The fourth-order valence-electron chi connectivity index (χ4n) is 1.40. The van der Waals surface area contributed by atoms with E-state index in [0.29, 0.717) is 19.0 Å². The number of rotatable bonds is 7. The van der Waals surface area contributed by atoms with Crippen LogP contribution >= 0.6 is 0 Å². The highest BCUT2D eigenvalue weighted by Gasteiger charge is 2.07. The highest BCUT2D eigenvalue weighted by atomic mass is 16.3. The smallest absolute Gasteiger partial charge is 0.225 e. The number of hydrogen-bond acceptors (Lipinski definition) is 5. The summed E-state index contributed by atoms with van der Waals surface area (Å²) in [7, 11) is 0. The Morgan fingerprint density at radius 1 is 1.31 bits per heavy atom. The minimum absolute atomic E-state index is 0.117. The molecular formula is C11H20N4O. The number of nitrogens with two attached hydrogens (primary N) is 1. The lowest BCUT2D eigenvalue weighted by molar-refractivity contribution is 0.301. The molecule has 0 radical (unpaired) electrons. The van der Waals surface area contributed by atoms with Gasteiger partial charge in [-0.1, -0.05) is 13.3 Å². The SMILES string of the molecule is CCCCN(CCO)c1ncc(CN)cn1. The third-order valence-electron chi connectivity index (χ3n) is 2.36. The first kappa shape index (κ1) is 12.9. The second kappa shape index (κ2) is 7.14. The molecule has 0 aliphatic heterocycles. The Labute approximate surface area is 96.3 Å². The van der Waals surface area contributed by atoms with Gasteiger partial charge in [-0.3, -0.25) is 0 Å². The van der Waals surface area contributed by atoms with Crippen molar-refractivity contribution in [3.63, 3.8) is 0 Å². The van der Waals surface area contributed by atoms with E-state index in [-0.39, 0.29) is 6.61 Å². The summed E-state index contributed by atoms with van der Waals surface area (Å²) < 4.78 is 0. The summed E-state index contributed by atoms with van der Waals surface area (Å²) in [6, 6.07) is 0. The van der Waals surface area contributed by atoms with Crippen molar-refractivity contribution in [1.82, 2.24) is 9.97 Å². The van der Waals surface area contributed by atoms with Crippen LogP contribution in [0.1, 0.15) is 25.3 Å². The summed E-state index contributed by atoms with van der Waals surface area (Å²) in [4.78, 5) is 10.5. The molecule has 5 nitrogen and oxygen atoms in total. The highest BCUT2D eigenvalue weighted by Crippen LogP contribution is 2.07. The fourth-order valence-corrected chi connectivity index (χ4v) is 1.40. The zero-order valence-corrected chi connectivity index (χ0v) is 9.76. The maximum atomic E-state index is 8.98. The van der Waals surface area contributed by atoms with Gasteiger partial charge in [0, 0.05) is 37.6 Å². The molecule has 1 aromatic rings. The van der Waals surface area contributed by atoms with Crippen molar-refractivity contribution in [1.29, 1.82) is 0 Å². The highest BCUT2D eigenvalue weighted by molar-refractivity contribution is 5.29. The van der Waals surface area contributed by atoms with Gasteiger partial charge in [0.2, 0.25) is 5.95 Å². The second-order valence-corrected chi connectivity index (χ2v) is 3.66. The van der Waals surface area contributed by atoms with Crippen LogP contribution in [-0.4, -0.2) is 34.8 Å². The van der Waals surface area contributed by atoms with Crippen molar-refractivity contribution in [3.05, 3.63) is 18.0 Å². The molecule has 0 bridgehead atoms. The van der Waals surface area contributed by atoms with E-state index in [1.54, 1.807) is 12.4 Å². The summed E-state index contributed by atoms with van der Waals surface area (Å²) in [6.07, 6.45) is 5.65. The number of aliphatic hydroxyl groups excluding tert-OH is 1. The summed E-state index contributed by atoms with van der Waals surface area (Å²) >= 11 is 0. The Bertz CT molecular complexity index is 289. The molecule has 16 heavy (non-hydrogen) atoms. The average molecular weight is 224 g/mol. The first-order valence-electron chi connectivity index (χ1n) is 5.68. The van der Waals surface area contributed by atoms with E-state index in [9.17, 15) is 0 Å². The van der Waals surface area contributed by atoms with Crippen molar-refractivity contribution in [2.75, 3.05) is 24.6 Å². The van der Waals surface area contributed by atoms with E-state index in [4.69, 9.17) is 10.8 Å². The van der Waals surface area contributed by atoms with Crippen molar-refractivity contribution >= 4 is 5.95 Å². The van der Waals surface area contributed by atoms with Gasteiger partial charge in [0.15, 0.2) is 0 Å². The molecule has 0 saturated carbocycles. The normalized spacial score (nSPS) is 10.4. The molecule has 1 heterocycles. The number of anilines is 1. The topological polar surface area (TPSA) is 75.3 Å². The largest absolute Gasteiger partial charge is 0.395 e. The maximum absolute atomic E-state index is 8.98. The van der Waals surface area contributed by atoms with Crippen molar-refractivity contribution in [3.8, 4) is 0 Å². The minimum atomic E-state index is 0.117. The molecule has 0 fully saturated rings. The number of aliphatic hydroxyl groups is 1. The van der Waals surface area contributed by atoms with Gasteiger partial charge in [-0.25, -0.2) is 9.97 Å². The molecule has 0 aliphatic rings. The van der Waals surface area contributed by atoms with Crippen LogP contribution in [0.4, 0.5) is 5.95 Å². The van der Waals surface area contributed by atoms with Gasteiger partial charge >= 0.3 is 0 Å². The summed E-state index contributed by atoms with van der Waals surface area (Å²) in [6.45, 7) is 4.15. The Morgan fingerprint density at radius 3 is 2.50 bits per heavy atom. The number of aromatic nitrogens is 2. The van der Waals surface area contributed by atoms with Crippen LogP contribution in [0.5, 0.6) is 0 Å². The number of hydrogen-bond donors (Lipinski definition) is 2. The monoisotopic (exact) mass is 224 g/mol. The lowest BCUT2D eigenvalue weighted by Crippen LogP contribution is -2.29. The molecule has 3 N–H and O–H groups in total. The lowest BCUT2D eigenvalue weighted by Gasteiger charge is -2.21. The minimum Gasteiger partial charge on any atom is -0.395 e. The molecule has 5 heteroatoms. The predicted octanol–water partition coefficient (Wildman–Crippen LogP) is 0.534. The molecule has 90 valence electrons. The van der Waals surface area contributed by atoms with E-state index in [1.807, 2.05) is 4.90 Å². The molecule has 0 aliphatic carbocycles. The van der Waals surface area contributed by atoms with Gasteiger partial charge in [-0.2, -0.15) is 0 Å². The third-order valence-corrected chi connectivity index (χ3v) is 2.36. The predicted molar refractivity (Wildman–Crippen MR) is 64.1 cm³/mol. The maximum Gasteiger partial charge on any atom is 0.225 e. The van der Waals surface area contributed by atoms with Crippen LogP contribution in [0.15, 0.2) is 12.4 Å². The Morgan fingerprint density at radius 2 is 2.00 bits per heavy atom. The van der Waals surface area contributed by atoms with Crippen LogP contribution in [0.25, 0.3) is 0 Å². The average Bonchev–Trinajstić information content (AvgIpc) is 2.35. The van der Waals surface area contributed by atoms with Crippen LogP contribution in [0.3, 0.4) is 0 Å². The third kappa shape index (κ3) is 3.75. The van der Waals surface area contributed by atoms with Gasteiger partial charge in [0.25, 0.3) is 0 Å². The van der Waals surface area contributed by atoms with E-state index >= 15 is 0 Å². The standard InChI is InChI=1S/C11H20N4O/c1-2-3-4-15(5-6-16)11-13-8-10(7-12)9-14-11/h8-9,16H,2-7,12H2,1H3. The van der Waals surface area contributed by atoms with Crippen LogP contribution < -0.4 is 10.6 Å². The molecule has 0 aromatic carbocycles. The zero-order chi connectivity index (χ0) is 11.8. The van der Waals surface area contributed by atoms with E-state index in [0.717, 1.165) is 24.9 Å². The second-order valence-electron chi connectivity index (χ2n) is 3.66. The van der Waals surface area contributed by atoms with Crippen molar-refractivity contribution < 1.29 is 5.11 Å². The number of unbranched alkanes of at least 4 members (excludes halogenated alkanes) is 1. The first-order chi connectivity index (χ1) is 7.81. The van der Waals surface area contributed by atoms with Crippen LogP contribution in [0, 0.1) is 0 Å². The molecule has 0 saturated heterocycles. The molecular weight excluding hydrogens is 204 g/mol. The Kier molecular flexibility index (Phi) is 5.74. The van der Waals surface area contributed by atoms with Gasteiger partial charge in [0.1, 0.15) is 0 Å². The van der Waals surface area contributed by atoms with Gasteiger partial charge in [-0.05, 0) is 6.42 Å². The van der Waals surface area contributed by atoms with E-state index in [1.165, 1.54) is 0 Å². The Balaban J connectivity index is 2.67. The molecule has 1 rings (SSSR count). The molecule has 1 aromatic heterocycles. The van der Waals surface area contributed by atoms with Crippen molar-refractivity contribution in [2.24, 2.45) is 5.73 Å². The summed E-state index contributed by atoms with van der Waals surface area (Å²) in [5, 5.41) is 8.98. The first-order valence-corrected chi connectivity index (χ1v) is 5.68. The van der Waals surface area contributed by atoms with Crippen LogP contribution in [-0.2, 0) is 6.54 Å². The molecule has 0 spiro atoms. The van der Waals surface area contributed by atoms with Gasteiger partial charge < -0.3 is 15.7 Å². The van der Waals surface area contributed by atoms with Crippen molar-refractivity contribution in [2.45, 2.75) is 26.3 Å².